The number of amides is 1. The minimum atomic E-state index is -0.148. The Morgan fingerprint density at radius 2 is 2.41 bits per heavy atom. The van der Waals surface area contributed by atoms with Crippen LogP contribution in [0.4, 0.5) is 0 Å². The van der Waals surface area contributed by atoms with Gasteiger partial charge in [0, 0.05) is 18.0 Å². The number of carbonyl (C=O) groups is 1. The first-order chi connectivity index (χ1) is 10.6. The fourth-order valence-corrected chi connectivity index (χ4v) is 5.00. The molecule has 2 aliphatic rings. The number of nitrogens with one attached hydrogen (secondary N) is 2. The van der Waals surface area contributed by atoms with E-state index >= 15 is 0 Å². The van der Waals surface area contributed by atoms with Gasteiger partial charge in [-0.25, -0.2) is 0 Å². The zero-order chi connectivity index (χ0) is 15.6. The smallest absolute Gasteiger partial charge is 0.227 e. The molecule has 3 rings (SSSR count). The highest BCUT2D eigenvalue weighted by molar-refractivity contribution is 7.10. The normalized spacial score (nSPS) is 29.3. The number of rotatable bonds is 5. The number of hydrogen-bond acceptors (Lipinski definition) is 4. The van der Waals surface area contributed by atoms with Gasteiger partial charge >= 0.3 is 0 Å². The fourth-order valence-electron chi connectivity index (χ4n) is 4.07. The molecule has 22 heavy (non-hydrogen) atoms. The number of nitrogens with zero attached hydrogens (tertiary/aromatic N) is 1. The van der Waals surface area contributed by atoms with Gasteiger partial charge in [-0.2, -0.15) is 0 Å². The van der Waals surface area contributed by atoms with Gasteiger partial charge < -0.3 is 15.5 Å². The van der Waals surface area contributed by atoms with Gasteiger partial charge in [-0.15, -0.1) is 11.3 Å². The molecule has 1 aromatic rings. The lowest BCUT2D eigenvalue weighted by Crippen LogP contribution is -2.49. The monoisotopic (exact) mass is 321 g/mol. The maximum atomic E-state index is 12.9. The van der Waals surface area contributed by atoms with Gasteiger partial charge in [0.25, 0.3) is 0 Å². The molecule has 5 heteroatoms. The van der Waals surface area contributed by atoms with Crippen molar-refractivity contribution >= 4 is 17.2 Å². The SMILES string of the molecule is CN(C)C(CNC(=O)[C@@]12CCCC[C@H]1CNC2)c1cccs1. The number of hydrogen-bond donors (Lipinski definition) is 2. The minimum absolute atomic E-state index is 0.148. The van der Waals surface area contributed by atoms with Crippen LogP contribution in [-0.2, 0) is 4.79 Å². The summed E-state index contributed by atoms with van der Waals surface area (Å²) in [7, 11) is 4.16. The molecule has 0 bridgehead atoms. The Labute approximate surface area is 137 Å². The van der Waals surface area contributed by atoms with Gasteiger partial charge in [0.2, 0.25) is 5.91 Å². The highest BCUT2D eigenvalue weighted by Gasteiger charge is 2.49. The lowest BCUT2D eigenvalue weighted by atomic mass is 9.67. The second kappa shape index (κ2) is 6.69. The summed E-state index contributed by atoms with van der Waals surface area (Å²) in [6.07, 6.45) is 4.70. The van der Waals surface area contributed by atoms with Crippen molar-refractivity contribution in [3.05, 3.63) is 22.4 Å². The quantitative estimate of drug-likeness (QED) is 0.874. The van der Waals surface area contributed by atoms with Crippen LogP contribution in [0.3, 0.4) is 0 Å². The van der Waals surface area contributed by atoms with Crippen LogP contribution in [-0.4, -0.2) is 44.5 Å². The van der Waals surface area contributed by atoms with Gasteiger partial charge in [-0.3, -0.25) is 4.79 Å². The molecule has 0 spiro atoms. The van der Waals surface area contributed by atoms with Crippen molar-refractivity contribution in [2.75, 3.05) is 33.7 Å². The Balaban J connectivity index is 1.66. The van der Waals surface area contributed by atoms with Crippen LogP contribution in [0, 0.1) is 11.3 Å². The third-order valence-electron chi connectivity index (χ3n) is 5.44. The average Bonchev–Trinajstić information content (AvgIpc) is 3.16. The second-order valence-electron chi connectivity index (χ2n) is 6.93. The molecule has 1 unspecified atom stereocenters. The number of carbonyl (C=O) groups excluding carboxylic acids is 1. The molecule has 1 aromatic heterocycles. The van der Waals surface area contributed by atoms with Crippen molar-refractivity contribution in [1.82, 2.24) is 15.5 Å². The predicted octanol–water partition coefficient (Wildman–Crippen LogP) is 2.25. The minimum Gasteiger partial charge on any atom is -0.354 e. The van der Waals surface area contributed by atoms with Crippen molar-refractivity contribution in [2.45, 2.75) is 31.7 Å². The summed E-state index contributed by atoms with van der Waals surface area (Å²) in [6.45, 7) is 2.56. The first-order valence-electron chi connectivity index (χ1n) is 8.32. The van der Waals surface area contributed by atoms with Crippen molar-refractivity contribution < 1.29 is 4.79 Å². The van der Waals surface area contributed by atoms with Crippen molar-refractivity contribution in [3.63, 3.8) is 0 Å². The van der Waals surface area contributed by atoms with Gasteiger partial charge in [0.15, 0.2) is 0 Å². The van der Waals surface area contributed by atoms with Gasteiger partial charge in [-0.05, 0) is 50.8 Å². The third-order valence-corrected chi connectivity index (χ3v) is 6.41. The van der Waals surface area contributed by atoms with E-state index in [9.17, 15) is 4.79 Å². The summed E-state index contributed by atoms with van der Waals surface area (Å²) in [6, 6.07) is 4.49. The molecule has 1 saturated carbocycles. The Hall–Kier alpha value is -0.910. The van der Waals surface area contributed by atoms with E-state index in [2.05, 4.69) is 47.1 Å². The first-order valence-corrected chi connectivity index (χ1v) is 9.20. The molecule has 3 atom stereocenters. The van der Waals surface area contributed by atoms with E-state index in [0.29, 0.717) is 12.5 Å². The molecule has 4 nitrogen and oxygen atoms in total. The summed E-state index contributed by atoms with van der Waals surface area (Å²) in [5.41, 5.74) is -0.148. The Morgan fingerprint density at radius 1 is 1.55 bits per heavy atom. The molecule has 2 heterocycles. The largest absolute Gasteiger partial charge is 0.354 e. The summed E-state index contributed by atoms with van der Waals surface area (Å²) < 4.78 is 0. The summed E-state index contributed by atoms with van der Waals surface area (Å²) >= 11 is 1.76. The molecular formula is C17H27N3OS. The molecule has 122 valence electrons. The lowest BCUT2D eigenvalue weighted by Gasteiger charge is -2.37. The molecule has 2 fully saturated rings. The zero-order valence-electron chi connectivity index (χ0n) is 13.6. The zero-order valence-corrected chi connectivity index (χ0v) is 14.4. The number of likely N-dealkylation sites (N-methyl/N-ethyl adjacent to an activating group) is 1. The van der Waals surface area contributed by atoms with Crippen LogP contribution < -0.4 is 10.6 Å². The van der Waals surface area contributed by atoms with Crippen LogP contribution in [0.5, 0.6) is 0 Å². The average molecular weight is 321 g/mol. The number of thiophene rings is 1. The molecule has 1 saturated heterocycles. The third kappa shape index (κ3) is 2.94. The van der Waals surface area contributed by atoms with E-state index in [4.69, 9.17) is 0 Å². The predicted molar refractivity (Wildman–Crippen MR) is 91.0 cm³/mol. The topological polar surface area (TPSA) is 44.4 Å². The fraction of sp³-hybridized carbons (Fsp3) is 0.706. The van der Waals surface area contributed by atoms with E-state index in [0.717, 1.165) is 19.5 Å². The summed E-state index contributed by atoms with van der Waals surface area (Å²) in [4.78, 5) is 16.4. The molecular weight excluding hydrogens is 294 g/mol. The van der Waals surface area contributed by atoms with Gasteiger partial charge in [0.1, 0.15) is 0 Å². The highest BCUT2D eigenvalue weighted by Crippen LogP contribution is 2.44. The lowest BCUT2D eigenvalue weighted by molar-refractivity contribution is -0.134. The Bertz CT molecular complexity index is 502. The van der Waals surface area contributed by atoms with Gasteiger partial charge in [0.05, 0.1) is 11.5 Å². The van der Waals surface area contributed by atoms with Crippen molar-refractivity contribution in [3.8, 4) is 0 Å². The van der Waals surface area contributed by atoms with E-state index in [-0.39, 0.29) is 17.4 Å². The van der Waals surface area contributed by atoms with Crippen LogP contribution in [0.15, 0.2) is 17.5 Å². The first kappa shape index (κ1) is 16.0. The standard InChI is InChI=1S/C17H27N3OS/c1-20(2)14(15-7-5-9-22-15)11-19-16(21)17-8-4-3-6-13(17)10-18-12-17/h5,7,9,13-14,18H,3-4,6,8,10-12H2,1-2H3,(H,19,21)/t13-,14?,17+/m0/s1. The summed E-state index contributed by atoms with van der Waals surface area (Å²) in [5, 5.41) is 8.83. The van der Waals surface area contributed by atoms with Crippen LogP contribution in [0.25, 0.3) is 0 Å². The van der Waals surface area contributed by atoms with Crippen molar-refractivity contribution in [2.24, 2.45) is 11.3 Å². The van der Waals surface area contributed by atoms with E-state index < -0.39 is 0 Å². The van der Waals surface area contributed by atoms with Crippen LogP contribution in [0.1, 0.15) is 36.6 Å². The Morgan fingerprint density at radius 3 is 3.14 bits per heavy atom. The molecule has 0 radical (unpaired) electrons. The maximum Gasteiger partial charge on any atom is 0.227 e. The maximum absolute atomic E-state index is 12.9. The summed E-state index contributed by atoms with van der Waals surface area (Å²) in [5.74, 6) is 0.798. The van der Waals surface area contributed by atoms with Crippen molar-refractivity contribution in [1.29, 1.82) is 0 Å². The van der Waals surface area contributed by atoms with E-state index in [1.807, 2.05) is 0 Å². The van der Waals surface area contributed by atoms with Crippen LogP contribution in [0.2, 0.25) is 0 Å². The molecule has 0 aromatic carbocycles. The van der Waals surface area contributed by atoms with Gasteiger partial charge in [-0.1, -0.05) is 18.9 Å². The molecule has 1 aliphatic heterocycles. The molecule has 1 amide bonds. The molecule has 2 N–H and O–H groups in total. The van der Waals surface area contributed by atoms with Crippen LogP contribution >= 0.6 is 11.3 Å². The molecule has 1 aliphatic carbocycles. The highest BCUT2D eigenvalue weighted by atomic mass is 32.1. The second-order valence-corrected chi connectivity index (χ2v) is 7.91. The van der Waals surface area contributed by atoms with E-state index in [1.54, 1.807) is 11.3 Å². The van der Waals surface area contributed by atoms with E-state index in [1.165, 1.54) is 24.1 Å². The Kier molecular flexibility index (Phi) is 4.85. The number of fused-ring (bicyclic) bond motifs is 1.